The van der Waals surface area contributed by atoms with Crippen LogP contribution in [0.5, 0.6) is 0 Å². The van der Waals surface area contributed by atoms with Crippen LogP contribution in [-0.2, 0) is 19.2 Å². The fourth-order valence-corrected chi connectivity index (χ4v) is 6.20. The maximum Gasteiger partial charge on any atom is 0.315 e. The average molecular weight is 584 g/mol. The first kappa shape index (κ1) is 30.0. The van der Waals surface area contributed by atoms with Gasteiger partial charge in [-0.15, -0.1) is 0 Å². The number of likely N-dealkylation sites (tertiary alicyclic amines) is 2. The summed E-state index contributed by atoms with van der Waals surface area (Å²) in [7, 11) is 1.48. The Morgan fingerprint density at radius 1 is 1.07 bits per heavy atom. The summed E-state index contributed by atoms with van der Waals surface area (Å²) in [6, 6.07) is 7.34. The van der Waals surface area contributed by atoms with Crippen LogP contribution in [0.2, 0.25) is 0 Å². The molecular formula is C28H37N7O5S. The van der Waals surface area contributed by atoms with Crippen LogP contribution in [0.1, 0.15) is 45.4 Å². The Balaban J connectivity index is 1.54. The molecule has 0 saturated carbocycles. The van der Waals surface area contributed by atoms with Crippen molar-refractivity contribution in [2.75, 3.05) is 37.3 Å². The Hall–Kier alpha value is -4.00. The van der Waals surface area contributed by atoms with Gasteiger partial charge in [-0.2, -0.15) is 0 Å². The van der Waals surface area contributed by atoms with Crippen molar-refractivity contribution in [2.45, 2.75) is 57.5 Å². The van der Waals surface area contributed by atoms with Crippen molar-refractivity contribution in [3.8, 4) is 11.3 Å². The molecular weight excluding hydrogens is 546 g/mol. The molecule has 0 radical (unpaired) electrons. The molecule has 1 aromatic heterocycles. The number of rotatable bonds is 10. The van der Waals surface area contributed by atoms with E-state index in [0.717, 1.165) is 12.0 Å². The van der Waals surface area contributed by atoms with Crippen LogP contribution in [-0.4, -0.2) is 83.7 Å². The standard InChI is InChI=1S/C28H37N7O5S/c1-3-8-21(37)30-28-32-22(18-9-5-4-6-10-18)25(41-28)33-24(38)20-11-7-14-35(20)26(39)23(31-27(40)29-2)19-12-15-34(17-36)16-13-19/h4-6,9-10,17,19-20,23H,3,7-8,11-16H2,1-2H3,(H,33,38)(H2,29,31,40)(H,30,32,37)/t20-,23-/m0/s1. The number of amides is 6. The maximum absolute atomic E-state index is 13.9. The highest BCUT2D eigenvalue weighted by atomic mass is 32.1. The Labute approximate surface area is 243 Å². The first-order valence-corrected chi connectivity index (χ1v) is 14.8. The molecule has 12 nitrogen and oxygen atoms in total. The summed E-state index contributed by atoms with van der Waals surface area (Å²) in [6.07, 6.45) is 4.11. The van der Waals surface area contributed by atoms with Gasteiger partial charge in [0.1, 0.15) is 22.8 Å². The molecule has 0 unspecified atom stereocenters. The normalized spacial score (nSPS) is 18.0. The van der Waals surface area contributed by atoms with Crippen LogP contribution in [0.4, 0.5) is 14.9 Å². The van der Waals surface area contributed by atoms with E-state index in [1.165, 1.54) is 18.4 Å². The zero-order chi connectivity index (χ0) is 29.4. The molecule has 1 aromatic carbocycles. The summed E-state index contributed by atoms with van der Waals surface area (Å²) in [4.78, 5) is 71.0. The van der Waals surface area contributed by atoms with Gasteiger partial charge in [-0.05, 0) is 38.0 Å². The van der Waals surface area contributed by atoms with E-state index in [1.807, 2.05) is 37.3 Å². The molecule has 6 amide bonds. The first-order chi connectivity index (χ1) is 19.8. The average Bonchev–Trinajstić information content (AvgIpc) is 3.63. The van der Waals surface area contributed by atoms with E-state index in [1.54, 1.807) is 9.80 Å². The van der Waals surface area contributed by atoms with Crippen LogP contribution in [0.25, 0.3) is 11.3 Å². The van der Waals surface area contributed by atoms with E-state index in [2.05, 4.69) is 26.3 Å². The highest BCUT2D eigenvalue weighted by Gasteiger charge is 2.41. The summed E-state index contributed by atoms with van der Waals surface area (Å²) in [5.41, 5.74) is 1.32. The summed E-state index contributed by atoms with van der Waals surface area (Å²) in [6.45, 7) is 3.31. The number of nitrogens with one attached hydrogen (secondary N) is 4. The van der Waals surface area contributed by atoms with Crippen molar-refractivity contribution < 1.29 is 24.0 Å². The van der Waals surface area contributed by atoms with Crippen LogP contribution in [0.15, 0.2) is 30.3 Å². The monoisotopic (exact) mass is 583 g/mol. The number of anilines is 2. The number of hydrogen-bond donors (Lipinski definition) is 4. The SMILES string of the molecule is CCCC(=O)Nc1nc(-c2ccccc2)c(NC(=O)[C@@H]2CCCN2C(=O)[C@@H](NC(=O)NC)C2CCN(C=O)CC2)s1. The van der Waals surface area contributed by atoms with Gasteiger partial charge >= 0.3 is 6.03 Å². The van der Waals surface area contributed by atoms with Crippen LogP contribution in [0.3, 0.4) is 0 Å². The Morgan fingerprint density at radius 2 is 1.80 bits per heavy atom. The second kappa shape index (κ2) is 14.1. The van der Waals surface area contributed by atoms with E-state index >= 15 is 0 Å². The molecule has 0 bridgehead atoms. The van der Waals surface area contributed by atoms with Gasteiger partial charge in [0, 0.05) is 38.7 Å². The fraction of sp³-hybridized carbons (Fsp3) is 0.500. The van der Waals surface area contributed by atoms with Crippen LogP contribution < -0.4 is 21.3 Å². The topological polar surface area (TPSA) is 153 Å². The Bertz CT molecular complexity index is 1250. The Morgan fingerprint density at radius 3 is 2.46 bits per heavy atom. The minimum absolute atomic E-state index is 0.153. The largest absolute Gasteiger partial charge is 0.345 e. The number of aromatic nitrogens is 1. The van der Waals surface area contributed by atoms with Crippen molar-refractivity contribution in [3.05, 3.63) is 30.3 Å². The third-order valence-corrected chi connectivity index (χ3v) is 8.33. The number of piperidine rings is 1. The lowest BCUT2D eigenvalue weighted by Crippen LogP contribution is -2.57. The summed E-state index contributed by atoms with van der Waals surface area (Å²) >= 11 is 1.17. The van der Waals surface area contributed by atoms with Crippen molar-refractivity contribution in [1.82, 2.24) is 25.4 Å². The van der Waals surface area contributed by atoms with Gasteiger partial charge in [-0.3, -0.25) is 19.2 Å². The summed E-state index contributed by atoms with van der Waals surface area (Å²) in [5.74, 6) is -0.978. The van der Waals surface area contributed by atoms with Gasteiger partial charge < -0.3 is 31.1 Å². The maximum atomic E-state index is 13.9. The first-order valence-electron chi connectivity index (χ1n) is 14.0. The van der Waals surface area contributed by atoms with Gasteiger partial charge in [0.25, 0.3) is 0 Å². The lowest BCUT2D eigenvalue weighted by Gasteiger charge is -2.36. The molecule has 4 N–H and O–H groups in total. The third kappa shape index (κ3) is 7.40. The zero-order valence-electron chi connectivity index (χ0n) is 23.4. The van der Waals surface area contributed by atoms with Crippen LogP contribution >= 0.6 is 11.3 Å². The van der Waals surface area contributed by atoms with Gasteiger partial charge in [-0.1, -0.05) is 48.6 Å². The van der Waals surface area contributed by atoms with Crippen molar-refractivity contribution >= 4 is 51.6 Å². The second-order valence-electron chi connectivity index (χ2n) is 10.2. The predicted octanol–water partition coefficient (Wildman–Crippen LogP) is 2.64. The van der Waals surface area contributed by atoms with Crippen molar-refractivity contribution in [1.29, 1.82) is 0 Å². The lowest BCUT2D eigenvalue weighted by molar-refractivity contribution is -0.139. The number of benzene rings is 1. The predicted molar refractivity (Wildman–Crippen MR) is 156 cm³/mol. The molecule has 2 aliphatic rings. The molecule has 3 heterocycles. The summed E-state index contributed by atoms with van der Waals surface area (Å²) in [5, 5.41) is 11.9. The number of carbonyl (C=O) groups is 5. The van der Waals surface area contributed by atoms with E-state index in [9.17, 15) is 24.0 Å². The van der Waals surface area contributed by atoms with E-state index in [0.29, 0.717) is 74.0 Å². The van der Waals surface area contributed by atoms with Gasteiger partial charge in [0.05, 0.1) is 0 Å². The van der Waals surface area contributed by atoms with E-state index < -0.39 is 18.1 Å². The quantitative estimate of drug-likeness (QED) is 0.316. The highest BCUT2D eigenvalue weighted by molar-refractivity contribution is 7.20. The smallest absolute Gasteiger partial charge is 0.315 e. The van der Waals surface area contributed by atoms with Crippen LogP contribution in [0, 0.1) is 5.92 Å². The van der Waals surface area contributed by atoms with E-state index in [4.69, 9.17) is 0 Å². The lowest BCUT2D eigenvalue weighted by atomic mass is 9.88. The minimum atomic E-state index is -0.819. The zero-order valence-corrected chi connectivity index (χ0v) is 24.2. The molecule has 2 saturated heterocycles. The fourth-order valence-electron chi connectivity index (χ4n) is 5.29. The molecule has 0 spiro atoms. The molecule has 220 valence electrons. The second-order valence-corrected chi connectivity index (χ2v) is 11.2. The number of thiazole rings is 1. The molecule has 4 rings (SSSR count). The van der Waals surface area contributed by atoms with Crippen molar-refractivity contribution in [3.63, 3.8) is 0 Å². The highest BCUT2D eigenvalue weighted by Crippen LogP contribution is 2.37. The molecule has 0 aliphatic carbocycles. The minimum Gasteiger partial charge on any atom is -0.345 e. The number of urea groups is 1. The summed E-state index contributed by atoms with van der Waals surface area (Å²) < 4.78 is 0. The molecule has 2 fully saturated rings. The number of hydrogen-bond acceptors (Lipinski definition) is 7. The molecule has 2 aromatic rings. The number of nitrogens with zero attached hydrogens (tertiary/aromatic N) is 3. The van der Waals surface area contributed by atoms with Gasteiger partial charge in [-0.25, -0.2) is 9.78 Å². The molecule has 41 heavy (non-hydrogen) atoms. The number of carbonyl (C=O) groups excluding carboxylic acids is 5. The third-order valence-electron chi connectivity index (χ3n) is 7.45. The Kier molecular flexibility index (Phi) is 10.3. The van der Waals surface area contributed by atoms with Crippen molar-refractivity contribution in [2.24, 2.45) is 5.92 Å². The molecule has 2 aliphatic heterocycles. The van der Waals surface area contributed by atoms with E-state index in [-0.39, 0.29) is 23.6 Å². The van der Waals surface area contributed by atoms with Gasteiger partial charge in [0.15, 0.2) is 5.13 Å². The van der Waals surface area contributed by atoms with Gasteiger partial charge in [0.2, 0.25) is 24.1 Å². The molecule has 13 heteroatoms. The molecule has 2 atom stereocenters.